The summed E-state index contributed by atoms with van der Waals surface area (Å²) in [6.07, 6.45) is 1.96. The molecule has 1 unspecified atom stereocenters. The minimum absolute atomic E-state index is 0.0267. The molecule has 1 amide bonds. The number of nitrogens with zero attached hydrogens (tertiary/aromatic N) is 1. The van der Waals surface area contributed by atoms with Crippen LogP contribution in [0.5, 0.6) is 0 Å². The molecule has 1 heterocycles. The number of rotatable bonds is 5. The monoisotopic (exact) mass is 342 g/mol. The molecule has 25 heavy (non-hydrogen) atoms. The van der Waals surface area contributed by atoms with Crippen LogP contribution >= 0.6 is 0 Å². The maximum Gasteiger partial charge on any atom is 0.254 e. The van der Waals surface area contributed by atoms with E-state index in [9.17, 15) is 9.18 Å². The molecule has 1 aliphatic heterocycles. The van der Waals surface area contributed by atoms with Gasteiger partial charge in [-0.1, -0.05) is 18.2 Å². The number of hydrogen-bond donors (Lipinski definition) is 1. The minimum atomic E-state index is -0.304. The van der Waals surface area contributed by atoms with E-state index in [0.717, 1.165) is 30.6 Å². The average Bonchev–Trinajstić information content (AvgIpc) is 3.09. The molecule has 0 spiro atoms. The number of carbonyl (C=O) groups excluding carboxylic acids is 1. The minimum Gasteiger partial charge on any atom is -0.399 e. The van der Waals surface area contributed by atoms with Crippen molar-refractivity contribution in [1.82, 2.24) is 4.90 Å². The maximum absolute atomic E-state index is 13.5. The highest BCUT2D eigenvalue weighted by molar-refractivity contribution is 5.96. The number of nitrogen functional groups attached to an aromatic ring is 1. The van der Waals surface area contributed by atoms with Crippen LogP contribution in [0.3, 0.4) is 0 Å². The second-order valence-corrected chi connectivity index (χ2v) is 6.52. The first kappa shape index (κ1) is 17.4. The Hall–Kier alpha value is -2.40. The second kappa shape index (κ2) is 7.66. The Bertz CT molecular complexity index is 757. The van der Waals surface area contributed by atoms with Crippen LogP contribution < -0.4 is 5.73 Å². The molecule has 5 heteroatoms. The first-order valence-electron chi connectivity index (χ1n) is 8.54. The molecule has 1 atom stereocenters. The third-order valence-corrected chi connectivity index (χ3v) is 4.49. The molecule has 132 valence electrons. The smallest absolute Gasteiger partial charge is 0.254 e. The lowest BCUT2D eigenvalue weighted by atomic mass is 10.1. The van der Waals surface area contributed by atoms with Crippen LogP contribution in [0.4, 0.5) is 10.1 Å². The lowest BCUT2D eigenvalue weighted by Gasteiger charge is -2.26. The molecule has 0 bridgehead atoms. The standard InChI is InChI=1S/C20H23FN2O2/c1-14-7-8-17(22)11-19(14)20(24)23(13-18-6-3-9-25-18)12-15-4-2-5-16(21)10-15/h2,4-5,7-8,10-11,18H,3,6,9,12-13,22H2,1H3. The zero-order valence-electron chi connectivity index (χ0n) is 14.4. The van der Waals surface area contributed by atoms with E-state index in [4.69, 9.17) is 10.5 Å². The van der Waals surface area contributed by atoms with Gasteiger partial charge in [-0.2, -0.15) is 0 Å². The number of benzene rings is 2. The van der Waals surface area contributed by atoms with Crippen molar-refractivity contribution in [1.29, 1.82) is 0 Å². The molecular formula is C20H23FN2O2. The zero-order chi connectivity index (χ0) is 17.8. The van der Waals surface area contributed by atoms with E-state index < -0.39 is 0 Å². The van der Waals surface area contributed by atoms with E-state index in [-0.39, 0.29) is 17.8 Å². The SMILES string of the molecule is Cc1ccc(N)cc1C(=O)N(Cc1cccc(F)c1)CC1CCCO1. The Morgan fingerprint density at radius 3 is 2.88 bits per heavy atom. The number of halogens is 1. The summed E-state index contributed by atoms with van der Waals surface area (Å²) in [6, 6.07) is 11.7. The number of aryl methyl sites for hydroxylation is 1. The summed E-state index contributed by atoms with van der Waals surface area (Å²) < 4.78 is 19.2. The number of nitrogens with two attached hydrogens (primary N) is 1. The van der Waals surface area contributed by atoms with Crippen molar-refractivity contribution in [3.8, 4) is 0 Å². The van der Waals surface area contributed by atoms with E-state index in [2.05, 4.69) is 0 Å². The highest BCUT2D eigenvalue weighted by Gasteiger charge is 2.24. The van der Waals surface area contributed by atoms with Crippen molar-refractivity contribution in [2.45, 2.75) is 32.4 Å². The summed E-state index contributed by atoms with van der Waals surface area (Å²) in [5.41, 5.74) is 8.62. The lowest BCUT2D eigenvalue weighted by Crippen LogP contribution is -2.37. The number of carbonyl (C=O) groups is 1. The van der Waals surface area contributed by atoms with Gasteiger partial charge in [-0.05, 0) is 55.2 Å². The summed E-state index contributed by atoms with van der Waals surface area (Å²) in [5.74, 6) is -0.410. The molecule has 4 nitrogen and oxygen atoms in total. The Labute approximate surface area is 147 Å². The Kier molecular flexibility index (Phi) is 5.34. The highest BCUT2D eigenvalue weighted by atomic mass is 19.1. The molecule has 0 radical (unpaired) electrons. The summed E-state index contributed by atoms with van der Waals surface area (Å²) in [5, 5.41) is 0. The summed E-state index contributed by atoms with van der Waals surface area (Å²) in [7, 11) is 0. The quantitative estimate of drug-likeness (QED) is 0.846. The van der Waals surface area contributed by atoms with Gasteiger partial charge in [0.15, 0.2) is 0 Å². The molecule has 0 aliphatic carbocycles. The molecule has 0 aromatic heterocycles. The van der Waals surface area contributed by atoms with E-state index in [1.807, 2.05) is 19.1 Å². The van der Waals surface area contributed by atoms with Crippen LogP contribution in [-0.4, -0.2) is 30.1 Å². The van der Waals surface area contributed by atoms with Gasteiger partial charge in [-0.3, -0.25) is 4.79 Å². The van der Waals surface area contributed by atoms with Crippen molar-refractivity contribution in [3.63, 3.8) is 0 Å². The van der Waals surface area contributed by atoms with Gasteiger partial charge in [0.05, 0.1) is 6.10 Å². The fraction of sp³-hybridized carbons (Fsp3) is 0.350. The van der Waals surface area contributed by atoms with Crippen molar-refractivity contribution >= 4 is 11.6 Å². The van der Waals surface area contributed by atoms with E-state index in [1.54, 1.807) is 23.1 Å². The Morgan fingerprint density at radius 2 is 2.16 bits per heavy atom. The van der Waals surface area contributed by atoms with Crippen molar-refractivity contribution in [2.75, 3.05) is 18.9 Å². The van der Waals surface area contributed by atoms with Crippen LogP contribution in [0, 0.1) is 12.7 Å². The van der Waals surface area contributed by atoms with Crippen LogP contribution in [0.1, 0.15) is 34.3 Å². The van der Waals surface area contributed by atoms with Crippen molar-refractivity contribution < 1.29 is 13.9 Å². The van der Waals surface area contributed by atoms with Gasteiger partial charge in [0.2, 0.25) is 0 Å². The summed E-state index contributed by atoms with van der Waals surface area (Å²) in [6.45, 7) is 3.44. The van der Waals surface area contributed by atoms with Gasteiger partial charge in [0.25, 0.3) is 5.91 Å². The van der Waals surface area contributed by atoms with E-state index in [0.29, 0.717) is 24.3 Å². The molecule has 2 N–H and O–H groups in total. The predicted molar refractivity (Wildman–Crippen MR) is 95.7 cm³/mol. The largest absolute Gasteiger partial charge is 0.399 e. The zero-order valence-corrected chi connectivity index (χ0v) is 14.4. The number of ether oxygens (including phenoxy) is 1. The first-order valence-corrected chi connectivity index (χ1v) is 8.54. The van der Waals surface area contributed by atoms with E-state index >= 15 is 0 Å². The molecule has 2 aromatic rings. The number of hydrogen-bond acceptors (Lipinski definition) is 3. The van der Waals surface area contributed by atoms with E-state index in [1.165, 1.54) is 12.1 Å². The van der Waals surface area contributed by atoms with Crippen molar-refractivity contribution in [2.24, 2.45) is 0 Å². The highest BCUT2D eigenvalue weighted by Crippen LogP contribution is 2.20. The van der Waals surface area contributed by atoms with Crippen LogP contribution in [0.2, 0.25) is 0 Å². The molecule has 2 aromatic carbocycles. The van der Waals surface area contributed by atoms with Gasteiger partial charge in [-0.15, -0.1) is 0 Å². The topological polar surface area (TPSA) is 55.6 Å². The number of anilines is 1. The van der Waals surface area contributed by atoms with Crippen LogP contribution in [0.15, 0.2) is 42.5 Å². The number of amides is 1. The third-order valence-electron chi connectivity index (χ3n) is 4.49. The fourth-order valence-electron chi connectivity index (χ4n) is 3.15. The molecule has 1 aliphatic rings. The fourth-order valence-corrected chi connectivity index (χ4v) is 3.15. The Morgan fingerprint density at radius 1 is 1.32 bits per heavy atom. The second-order valence-electron chi connectivity index (χ2n) is 6.52. The van der Waals surface area contributed by atoms with Crippen LogP contribution in [0.25, 0.3) is 0 Å². The first-order chi connectivity index (χ1) is 12.0. The molecular weight excluding hydrogens is 319 g/mol. The summed E-state index contributed by atoms with van der Waals surface area (Å²) in [4.78, 5) is 14.8. The average molecular weight is 342 g/mol. The molecule has 1 saturated heterocycles. The van der Waals surface area contributed by atoms with Crippen LogP contribution in [-0.2, 0) is 11.3 Å². The Balaban J connectivity index is 1.86. The summed E-state index contributed by atoms with van der Waals surface area (Å²) >= 11 is 0. The molecule has 1 fully saturated rings. The third kappa shape index (κ3) is 4.37. The lowest BCUT2D eigenvalue weighted by molar-refractivity contribution is 0.0506. The van der Waals surface area contributed by atoms with Crippen molar-refractivity contribution in [3.05, 3.63) is 65.0 Å². The van der Waals surface area contributed by atoms with Gasteiger partial charge in [0.1, 0.15) is 5.82 Å². The van der Waals surface area contributed by atoms with Gasteiger partial charge < -0.3 is 15.4 Å². The molecule has 3 rings (SSSR count). The maximum atomic E-state index is 13.5. The van der Waals surface area contributed by atoms with Gasteiger partial charge in [-0.25, -0.2) is 4.39 Å². The van der Waals surface area contributed by atoms with Gasteiger partial charge >= 0.3 is 0 Å². The molecule has 0 saturated carbocycles. The predicted octanol–water partition coefficient (Wildman–Crippen LogP) is 3.54. The van der Waals surface area contributed by atoms with Gasteiger partial charge in [0, 0.05) is 30.9 Å². The normalized spacial score (nSPS) is 16.8.